The number of allylic oxidation sites excluding steroid dienone is 4. The Morgan fingerprint density at radius 2 is 1.02 bits per heavy atom. The van der Waals surface area contributed by atoms with E-state index >= 15 is 0 Å². The Labute approximate surface area is 264 Å². The quantitative estimate of drug-likeness (QED) is 0.156. The van der Waals surface area contributed by atoms with Gasteiger partial charge in [0.1, 0.15) is 12.2 Å². The summed E-state index contributed by atoms with van der Waals surface area (Å²) >= 11 is 0. The lowest BCUT2D eigenvalue weighted by Gasteiger charge is -2.08. The minimum atomic E-state index is -1.22. The first kappa shape index (κ1) is 32.8. The Kier molecular flexibility index (Phi) is 9.27. The normalized spacial score (nSPS) is 14.6. The third-order valence-electron chi connectivity index (χ3n) is 8.82. The van der Waals surface area contributed by atoms with Gasteiger partial charge in [-0.15, -0.1) is 0 Å². The van der Waals surface area contributed by atoms with Gasteiger partial charge in [-0.05, 0) is 98.2 Å². The number of rotatable bonds is 10. The van der Waals surface area contributed by atoms with E-state index in [0.29, 0.717) is 72.7 Å². The molecule has 242 valence electrons. The molecule has 0 radical (unpaired) electrons. The van der Waals surface area contributed by atoms with Gasteiger partial charge in [-0.25, -0.2) is 9.97 Å². The molecule has 2 unspecified atom stereocenters. The van der Waals surface area contributed by atoms with Crippen LogP contribution in [0.5, 0.6) is 0 Å². The monoisotopic (exact) mass is 630 g/mol. The summed E-state index contributed by atoms with van der Waals surface area (Å²) < 4.78 is 0. The highest BCUT2D eigenvalue weighted by molar-refractivity contribution is 5.96. The largest absolute Gasteiger partial charge is 0.481 e. The molecule has 3 aromatic heterocycles. The summed E-state index contributed by atoms with van der Waals surface area (Å²) in [5.41, 5.74) is 9.52. The molecule has 0 aromatic carbocycles. The van der Waals surface area contributed by atoms with Crippen LogP contribution in [0.2, 0.25) is 0 Å². The third-order valence-corrected chi connectivity index (χ3v) is 8.82. The van der Waals surface area contributed by atoms with Crippen LogP contribution in [0.25, 0.3) is 44.4 Å². The van der Waals surface area contributed by atoms with Crippen molar-refractivity contribution in [2.45, 2.75) is 65.6 Å². The van der Waals surface area contributed by atoms with Crippen LogP contribution in [0.3, 0.4) is 0 Å². The Balaban J connectivity index is 1.96. The lowest BCUT2D eigenvalue weighted by Crippen LogP contribution is -2.03. The average Bonchev–Trinajstić information content (AvgIpc) is 3.67. The maximum Gasteiger partial charge on any atom is 0.303 e. The third kappa shape index (κ3) is 6.12. The van der Waals surface area contributed by atoms with Crippen LogP contribution in [-0.4, -0.2) is 75.7 Å². The van der Waals surface area contributed by atoms with Gasteiger partial charge in [-0.1, -0.05) is 0 Å². The van der Waals surface area contributed by atoms with Crippen LogP contribution in [0.1, 0.15) is 96.8 Å². The molecule has 8 N–H and O–H groups in total. The van der Waals surface area contributed by atoms with Crippen molar-refractivity contribution >= 4 is 56.3 Å². The summed E-state index contributed by atoms with van der Waals surface area (Å²) in [6, 6.07) is 7.07. The zero-order valence-corrected chi connectivity index (χ0v) is 26.1. The number of carboxylic acids is 2. The van der Waals surface area contributed by atoms with Crippen molar-refractivity contribution in [1.82, 2.24) is 19.9 Å². The number of carbonyl (C=O) groups is 2. The fraction of sp³-hybridized carbons (Fsp3) is 0.353. The summed E-state index contributed by atoms with van der Waals surface area (Å²) in [5, 5.41) is 60.4. The predicted octanol–water partition coefficient (Wildman–Crippen LogP) is 4.57. The molecule has 12 heteroatoms. The number of fused-ring (bicyclic) bond motifs is 8. The summed E-state index contributed by atoms with van der Waals surface area (Å²) in [7, 11) is 0. The average molecular weight is 631 g/mol. The molecule has 2 aliphatic heterocycles. The van der Waals surface area contributed by atoms with Gasteiger partial charge < -0.3 is 40.6 Å². The molecule has 3 aromatic rings. The van der Waals surface area contributed by atoms with E-state index < -0.39 is 37.4 Å². The van der Waals surface area contributed by atoms with Gasteiger partial charge in [0.05, 0.1) is 36.0 Å². The fourth-order valence-corrected chi connectivity index (χ4v) is 6.28. The second kappa shape index (κ2) is 13.0. The van der Waals surface area contributed by atoms with Crippen LogP contribution in [0, 0.1) is 13.8 Å². The number of nitrogens with zero attached hydrogens (tertiary/aromatic N) is 2. The number of hydrogen-bond acceptors (Lipinski definition) is 8. The van der Waals surface area contributed by atoms with Crippen LogP contribution < -0.4 is 0 Å². The summed E-state index contributed by atoms with van der Waals surface area (Å²) in [5.74, 6) is -1.92. The Morgan fingerprint density at radius 1 is 0.630 bits per heavy atom. The van der Waals surface area contributed by atoms with E-state index in [4.69, 9.17) is 9.97 Å². The number of aliphatic hydroxyl groups excluding tert-OH is 4. The lowest BCUT2D eigenvalue weighted by molar-refractivity contribution is -0.137. The maximum absolute atomic E-state index is 11.6. The minimum absolute atomic E-state index is 0.122. The number of aliphatic hydroxyl groups is 4. The number of H-pyrrole nitrogens is 2. The molecule has 5 rings (SSSR count). The molecule has 5 heterocycles. The van der Waals surface area contributed by atoms with Gasteiger partial charge in [0.25, 0.3) is 0 Å². The van der Waals surface area contributed by atoms with Crippen LogP contribution in [0.15, 0.2) is 24.3 Å². The Hall–Kier alpha value is -4.62. The van der Waals surface area contributed by atoms with E-state index in [9.17, 15) is 40.2 Å². The molecule has 12 nitrogen and oxygen atoms in total. The highest BCUT2D eigenvalue weighted by Crippen LogP contribution is 2.39. The molecule has 0 saturated carbocycles. The maximum atomic E-state index is 11.6. The summed E-state index contributed by atoms with van der Waals surface area (Å²) in [4.78, 5) is 39.5. The van der Waals surface area contributed by atoms with Gasteiger partial charge in [-0.2, -0.15) is 0 Å². The number of aromatic amines is 2. The minimum Gasteiger partial charge on any atom is -0.481 e. The molecular weight excluding hydrogens is 592 g/mol. The second-order valence-electron chi connectivity index (χ2n) is 11.7. The van der Waals surface area contributed by atoms with Crippen molar-refractivity contribution in [3.8, 4) is 0 Å². The SMILES string of the molecule is CC1=C(CCC(=O)O)c2cc3nc(cc4[nH]c(cc5[nH]c(cc1n2)c(C)c5C(O)CO)c(C)c4C(O)CO)C(C)=C3CCC(=O)O. The molecule has 0 saturated heterocycles. The van der Waals surface area contributed by atoms with Crippen molar-refractivity contribution in [1.29, 1.82) is 0 Å². The van der Waals surface area contributed by atoms with Crippen molar-refractivity contribution in [3.63, 3.8) is 0 Å². The lowest BCUT2D eigenvalue weighted by atomic mass is 9.98. The zero-order chi connectivity index (χ0) is 33.4. The smallest absolute Gasteiger partial charge is 0.303 e. The van der Waals surface area contributed by atoms with E-state index in [2.05, 4.69) is 9.97 Å². The van der Waals surface area contributed by atoms with Crippen LogP contribution in [-0.2, 0) is 9.59 Å². The van der Waals surface area contributed by atoms with Gasteiger partial charge in [0.15, 0.2) is 0 Å². The number of aryl methyl sites for hydroxylation is 2. The van der Waals surface area contributed by atoms with E-state index in [1.807, 2.05) is 26.8 Å². The number of aromatic nitrogens is 4. The van der Waals surface area contributed by atoms with Gasteiger partial charge >= 0.3 is 11.9 Å². The van der Waals surface area contributed by atoms with Crippen LogP contribution in [0.4, 0.5) is 0 Å². The highest BCUT2D eigenvalue weighted by Gasteiger charge is 2.24. The molecule has 0 amide bonds. The Morgan fingerprint density at radius 3 is 1.43 bits per heavy atom. The number of hydrogen-bond donors (Lipinski definition) is 8. The molecule has 0 aliphatic carbocycles. The first-order chi connectivity index (χ1) is 21.8. The molecule has 2 aliphatic rings. The van der Waals surface area contributed by atoms with E-state index in [1.54, 1.807) is 25.1 Å². The summed E-state index contributed by atoms with van der Waals surface area (Å²) in [6.45, 7) is 6.26. The predicted molar refractivity (Wildman–Crippen MR) is 173 cm³/mol. The molecule has 8 bridgehead atoms. The molecule has 2 atom stereocenters. The topological polar surface area (TPSA) is 213 Å². The molecular formula is C34H38N4O8. The molecule has 46 heavy (non-hydrogen) atoms. The van der Waals surface area contributed by atoms with Gasteiger partial charge in [0, 0.05) is 46.0 Å². The second-order valence-corrected chi connectivity index (χ2v) is 11.7. The van der Waals surface area contributed by atoms with Crippen LogP contribution >= 0.6 is 0 Å². The van der Waals surface area contributed by atoms with Gasteiger partial charge in [0.2, 0.25) is 0 Å². The van der Waals surface area contributed by atoms with E-state index in [-0.39, 0.29) is 25.7 Å². The number of nitrogens with one attached hydrogen (secondary N) is 2. The Bertz CT molecular complexity index is 1970. The van der Waals surface area contributed by atoms with Crippen molar-refractivity contribution in [2.75, 3.05) is 13.2 Å². The number of aliphatic carboxylic acids is 2. The van der Waals surface area contributed by atoms with Gasteiger partial charge in [-0.3, -0.25) is 9.59 Å². The van der Waals surface area contributed by atoms with Crippen molar-refractivity contribution in [3.05, 3.63) is 69.3 Å². The highest BCUT2D eigenvalue weighted by atomic mass is 16.4. The molecule has 0 fully saturated rings. The standard InChI is InChI=1S/C34H38N4O8/c1-15-19(5-7-31(43)44)25-12-26-20(6-8-32(45)46)16(2)22(36-26)10-27-34(30(42)14-40)18(4)24(38-27)11-28-33(29(41)13-39)17(3)23(37-28)9-21(15)35-25/h9-12,29-30,37-42H,5-8,13-14H2,1-4H3,(H,43,44)(H,45,46). The van der Waals surface area contributed by atoms with Crippen molar-refractivity contribution < 1.29 is 40.2 Å². The van der Waals surface area contributed by atoms with E-state index in [0.717, 1.165) is 16.7 Å². The van der Waals surface area contributed by atoms with E-state index in [1.165, 1.54) is 0 Å². The fourth-order valence-electron chi connectivity index (χ4n) is 6.28. The first-order valence-electron chi connectivity index (χ1n) is 15.0. The van der Waals surface area contributed by atoms with Crippen molar-refractivity contribution in [2.24, 2.45) is 0 Å². The number of carboxylic acid groups (broad SMARTS) is 2. The first-order valence-corrected chi connectivity index (χ1v) is 15.0. The summed E-state index contributed by atoms with van der Waals surface area (Å²) in [6.07, 6.45) is -2.26. The zero-order valence-electron chi connectivity index (χ0n) is 26.1. The molecule has 0 spiro atoms.